The second-order valence-electron chi connectivity index (χ2n) is 17.8. The number of rotatable bonds is 8. The van der Waals surface area contributed by atoms with Gasteiger partial charge in [-0.25, -0.2) is 0 Å². The molecule has 3 fully saturated rings. The van der Waals surface area contributed by atoms with Crippen LogP contribution in [0.4, 0.5) is 0 Å². The van der Waals surface area contributed by atoms with Gasteiger partial charge in [-0.2, -0.15) is 0 Å². The SMILES string of the molecule is C=C=C1C=C2[C@H](CC[C@H]3[C@](C)(CO)[C@@H](OCC(C)c4ccccc4)[C@H](OC(C)=O)C[C@]23C)[C@@]2(C)CC[C@](C)([C@H](C)C(C)C)[C@@H](C)[C@]12C. The van der Waals surface area contributed by atoms with Crippen molar-refractivity contribution in [2.75, 3.05) is 13.2 Å². The predicted octanol–water partition coefficient (Wildman–Crippen LogP) is 9.93. The van der Waals surface area contributed by atoms with Gasteiger partial charge in [-0.05, 0) is 83.5 Å². The summed E-state index contributed by atoms with van der Waals surface area (Å²) >= 11 is 0. The summed E-state index contributed by atoms with van der Waals surface area (Å²) in [6.07, 6.45) is 6.81. The van der Waals surface area contributed by atoms with Crippen molar-refractivity contribution in [1.29, 1.82) is 0 Å². The lowest BCUT2D eigenvalue weighted by Crippen LogP contribution is -2.66. The predicted molar refractivity (Wildman–Crippen MR) is 192 cm³/mol. The fourth-order valence-corrected chi connectivity index (χ4v) is 11.9. The van der Waals surface area contributed by atoms with Gasteiger partial charge in [0.15, 0.2) is 0 Å². The summed E-state index contributed by atoms with van der Waals surface area (Å²) in [5, 5.41) is 11.3. The zero-order valence-electron chi connectivity index (χ0n) is 31.4. The molecule has 4 heteroatoms. The lowest BCUT2D eigenvalue weighted by Gasteiger charge is -2.70. The van der Waals surface area contributed by atoms with Crippen LogP contribution in [0.2, 0.25) is 0 Å². The Bertz CT molecular complexity index is 1410. The average molecular weight is 645 g/mol. The normalized spacial score (nSPS) is 42.7. The molecule has 4 aliphatic rings. The van der Waals surface area contributed by atoms with Gasteiger partial charge in [0.1, 0.15) is 12.2 Å². The monoisotopic (exact) mass is 644 g/mol. The van der Waals surface area contributed by atoms with E-state index in [1.54, 1.807) is 0 Å². The molecule has 12 atom stereocenters. The summed E-state index contributed by atoms with van der Waals surface area (Å²) in [5.41, 5.74) is 6.79. The summed E-state index contributed by atoms with van der Waals surface area (Å²) in [6.45, 7) is 30.4. The molecule has 1 aromatic rings. The van der Waals surface area contributed by atoms with Crippen LogP contribution in [0, 0.1) is 56.7 Å². The standard InChI is InChI=1S/C43H64O4/c1-13-33-23-35-34(42(11)22-21-39(8,29(5)27(2)3)30(6)43(33,42)12)19-20-37-40(35,9)24-36(47-31(7)45)38(41(37,10)26-44)46-25-28(4)32-17-15-14-16-18-32/h14-18,23,27-30,34,36-38,44H,1,19-22,24-26H2,2-12H3/t28?,29-,30-,34+,36-,37-,38+,39-,40-,41+,42-,43-/m1/s1. The molecular weight excluding hydrogens is 580 g/mol. The van der Waals surface area contributed by atoms with E-state index in [0.29, 0.717) is 36.7 Å². The van der Waals surface area contributed by atoms with Gasteiger partial charge in [0.2, 0.25) is 0 Å². The van der Waals surface area contributed by atoms with E-state index < -0.39 is 17.6 Å². The van der Waals surface area contributed by atoms with Crippen LogP contribution in [0.3, 0.4) is 0 Å². The summed E-state index contributed by atoms with van der Waals surface area (Å²) < 4.78 is 13.0. The number of ether oxygens (including phenoxy) is 2. The molecule has 0 amide bonds. The van der Waals surface area contributed by atoms with Crippen LogP contribution in [0.1, 0.15) is 120 Å². The number of carbonyl (C=O) groups is 1. The fraction of sp³-hybridized carbons (Fsp3) is 0.721. The van der Waals surface area contributed by atoms with Crippen LogP contribution in [-0.4, -0.2) is 36.5 Å². The molecule has 4 aliphatic carbocycles. The van der Waals surface area contributed by atoms with Crippen molar-refractivity contribution in [2.24, 2.45) is 56.7 Å². The molecule has 0 heterocycles. The van der Waals surface area contributed by atoms with E-state index in [4.69, 9.17) is 9.47 Å². The number of esters is 1. The molecule has 5 rings (SSSR count). The molecular formula is C43H64O4. The summed E-state index contributed by atoms with van der Waals surface area (Å²) in [7, 11) is 0. The van der Waals surface area contributed by atoms with E-state index in [-0.39, 0.29) is 46.1 Å². The number of allylic oxidation sites excluding steroid dienone is 3. The van der Waals surface area contributed by atoms with Crippen LogP contribution >= 0.6 is 0 Å². The largest absolute Gasteiger partial charge is 0.460 e. The molecule has 1 aromatic carbocycles. The molecule has 4 nitrogen and oxygen atoms in total. The number of benzene rings is 1. The highest BCUT2D eigenvalue weighted by atomic mass is 16.6. The number of hydrogen-bond donors (Lipinski definition) is 1. The van der Waals surface area contributed by atoms with Crippen molar-refractivity contribution in [1.82, 2.24) is 0 Å². The Morgan fingerprint density at radius 1 is 1.04 bits per heavy atom. The van der Waals surface area contributed by atoms with E-state index in [1.807, 2.05) is 6.07 Å². The maximum absolute atomic E-state index is 12.7. The van der Waals surface area contributed by atoms with Gasteiger partial charge >= 0.3 is 5.97 Å². The zero-order valence-corrected chi connectivity index (χ0v) is 31.4. The summed E-state index contributed by atoms with van der Waals surface area (Å²) in [4.78, 5) is 12.7. The third kappa shape index (κ3) is 5.35. The molecule has 0 saturated heterocycles. The molecule has 3 saturated carbocycles. The van der Waals surface area contributed by atoms with Crippen molar-refractivity contribution >= 4 is 5.97 Å². The Balaban J connectivity index is 1.57. The number of hydrogen-bond acceptors (Lipinski definition) is 4. The molecule has 47 heavy (non-hydrogen) atoms. The third-order valence-corrected chi connectivity index (χ3v) is 15.6. The Morgan fingerprint density at radius 3 is 2.28 bits per heavy atom. The average Bonchev–Trinajstić information content (AvgIpc) is 3.03. The van der Waals surface area contributed by atoms with E-state index in [2.05, 4.69) is 112 Å². The second-order valence-corrected chi connectivity index (χ2v) is 17.8. The van der Waals surface area contributed by atoms with Crippen molar-refractivity contribution in [2.45, 2.75) is 126 Å². The summed E-state index contributed by atoms with van der Waals surface area (Å²) in [6, 6.07) is 10.4. The lowest BCUT2D eigenvalue weighted by atomic mass is 9.34. The van der Waals surface area contributed by atoms with Crippen LogP contribution < -0.4 is 0 Å². The van der Waals surface area contributed by atoms with E-state index in [1.165, 1.54) is 36.5 Å². The van der Waals surface area contributed by atoms with E-state index in [0.717, 1.165) is 12.8 Å². The highest BCUT2D eigenvalue weighted by molar-refractivity contribution is 5.66. The number of aliphatic hydroxyl groups excluding tert-OH is 1. The van der Waals surface area contributed by atoms with Gasteiger partial charge in [0.25, 0.3) is 0 Å². The molecule has 260 valence electrons. The van der Waals surface area contributed by atoms with Gasteiger partial charge in [-0.1, -0.05) is 118 Å². The number of carbonyl (C=O) groups excluding carboxylic acids is 1. The summed E-state index contributed by atoms with van der Waals surface area (Å²) in [5.74, 6) is 2.17. The Hall–Kier alpha value is -2.13. The van der Waals surface area contributed by atoms with Crippen molar-refractivity contribution in [3.05, 3.63) is 65.4 Å². The van der Waals surface area contributed by atoms with Gasteiger partial charge in [-0.3, -0.25) is 4.79 Å². The second kappa shape index (κ2) is 12.6. The molecule has 1 N–H and O–H groups in total. The highest BCUT2D eigenvalue weighted by Crippen LogP contribution is 2.75. The first-order valence-electron chi connectivity index (χ1n) is 18.5. The van der Waals surface area contributed by atoms with Crippen molar-refractivity contribution < 1.29 is 19.4 Å². The molecule has 0 aliphatic heterocycles. The van der Waals surface area contributed by atoms with Crippen LogP contribution in [-0.2, 0) is 14.3 Å². The van der Waals surface area contributed by atoms with Crippen molar-refractivity contribution in [3.63, 3.8) is 0 Å². The minimum Gasteiger partial charge on any atom is -0.460 e. The fourth-order valence-electron chi connectivity index (χ4n) is 11.9. The maximum atomic E-state index is 12.7. The molecule has 0 bridgehead atoms. The van der Waals surface area contributed by atoms with Crippen LogP contribution in [0.5, 0.6) is 0 Å². The quantitative estimate of drug-likeness (QED) is 0.226. The van der Waals surface area contributed by atoms with Gasteiger partial charge in [-0.15, -0.1) is 5.73 Å². The topological polar surface area (TPSA) is 55.8 Å². The Morgan fingerprint density at radius 2 is 1.70 bits per heavy atom. The smallest absolute Gasteiger partial charge is 0.302 e. The molecule has 1 unspecified atom stereocenters. The first kappa shape index (κ1) is 36.2. The van der Waals surface area contributed by atoms with Gasteiger partial charge in [0.05, 0.1) is 13.2 Å². The minimum atomic E-state index is -0.583. The lowest BCUT2D eigenvalue weighted by molar-refractivity contribution is -0.223. The zero-order chi connectivity index (χ0) is 34.7. The highest BCUT2D eigenvalue weighted by Gasteiger charge is 2.69. The van der Waals surface area contributed by atoms with Crippen LogP contribution in [0.15, 0.2) is 59.9 Å². The third-order valence-electron chi connectivity index (χ3n) is 15.6. The van der Waals surface area contributed by atoms with E-state index in [9.17, 15) is 9.90 Å². The first-order chi connectivity index (χ1) is 22.0. The Labute approximate surface area is 286 Å². The minimum absolute atomic E-state index is 0.0189. The number of aliphatic hydroxyl groups is 1. The number of fused-ring (bicyclic) bond motifs is 5. The molecule has 0 aromatic heterocycles. The molecule has 0 radical (unpaired) electrons. The Kier molecular flexibility index (Phi) is 9.72. The maximum Gasteiger partial charge on any atom is 0.302 e. The van der Waals surface area contributed by atoms with E-state index >= 15 is 0 Å². The first-order valence-corrected chi connectivity index (χ1v) is 18.5. The van der Waals surface area contributed by atoms with Crippen molar-refractivity contribution in [3.8, 4) is 0 Å². The van der Waals surface area contributed by atoms with Gasteiger partial charge < -0.3 is 14.6 Å². The van der Waals surface area contributed by atoms with Gasteiger partial charge in [0, 0.05) is 29.2 Å². The van der Waals surface area contributed by atoms with Crippen LogP contribution in [0.25, 0.3) is 0 Å². The molecule has 0 spiro atoms.